The molecule has 0 aliphatic heterocycles. The Morgan fingerprint density at radius 1 is 1.56 bits per heavy atom. The average molecular weight is 269 g/mol. The second-order valence-corrected chi connectivity index (χ2v) is 5.55. The zero-order chi connectivity index (χ0) is 13.5. The van der Waals surface area contributed by atoms with Crippen LogP contribution in [0.2, 0.25) is 0 Å². The molecule has 5 nitrogen and oxygen atoms in total. The first-order valence-corrected chi connectivity index (χ1v) is 7.56. The zero-order valence-corrected chi connectivity index (χ0v) is 11.7. The van der Waals surface area contributed by atoms with Crippen molar-refractivity contribution >= 4 is 22.4 Å². The molecule has 2 atom stereocenters. The molecule has 1 rings (SSSR count). The number of carbonyl (C=O) groups is 1. The van der Waals surface area contributed by atoms with Crippen LogP contribution < -0.4 is 10.6 Å². The first-order chi connectivity index (χ1) is 8.52. The van der Waals surface area contributed by atoms with Gasteiger partial charge in [-0.2, -0.15) is 0 Å². The molecule has 18 heavy (non-hydrogen) atoms. The van der Waals surface area contributed by atoms with Crippen LogP contribution in [0.4, 0.5) is 5.69 Å². The number of hydrogen-bond acceptors (Lipinski definition) is 4. The maximum Gasteiger partial charge on any atom is 0.269 e. The van der Waals surface area contributed by atoms with Crippen molar-refractivity contribution in [3.63, 3.8) is 0 Å². The fraction of sp³-hybridized carbons (Fsp3) is 0.500. The Morgan fingerprint density at radius 2 is 2.28 bits per heavy atom. The molecule has 100 valence electrons. The van der Waals surface area contributed by atoms with Crippen molar-refractivity contribution in [2.24, 2.45) is 0 Å². The first kappa shape index (κ1) is 14.6. The van der Waals surface area contributed by atoms with E-state index < -0.39 is 10.8 Å². The Bertz CT molecular complexity index is 437. The van der Waals surface area contributed by atoms with Gasteiger partial charge in [-0.3, -0.25) is 14.0 Å². The zero-order valence-electron chi connectivity index (χ0n) is 10.9. The van der Waals surface area contributed by atoms with Crippen LogP contribution in [0, 0.1) is 0 Å². The highest BCUT2D eigenvalue weighted by molar-refractivity contribution is 7.84. The summed E-state index contributed by atoms with van der Waals surface area (Å²) in [6.45, 7) is 4.38. The molecule has 0 aliphatic carbocycles. The maximum atomic E-state index is 11.6. The molecule has 0 saturated heterocycles. The van der Waals surface area contributed by atoms with Gasteiger partial charge in [0.1, 0.15) is 5.69 Å². The molecule has 0 fully saturated rings. The predicted octanol–water partition coefficient (Wildman–Crippen LogP) is 1.01. The summed E-state index contributed by atoms with van der Waals surface area (Å²) in [6, 6.07) is 3.57. The van der Waals surface area contributed by atoms with Crippen molar-refractivity contribution < 1.29 is 9.00 Å². The summed E-state index contributed by atoms with van der Waals surface area (Å²) >= 11 is 0. The molecular weight excluding hydrogens is 250 g/mol. The number of nitrogens with one attached hydrogen (secondary N) is 2. The van der Waals surface area contributed by atoms with Gasteiger partial charge in [0, 0.05) is 47.3 Å². The van der Waals surface area contributed by atoms with E-state index in [0.717, 1.165) is 5.69 Å². The summed E-state index contributed by atoms with van der Waals surface area (Å²) in [5, 5.41) is 5.89. The van der Waals surface area contributed by atoms with Crippen molar-refractivity contribution in [3.05, 3.63) is 24.0 Å². The topological polar surface area (TPSA) is 71.1 Å². The quantitative estimate of drug-likeness (QED) is 0.808. The van der Waals surface area contributed by atoms with Crippen LogP contribution in [0.25, 0.3) is 0 Å². The first-order valence-electron chi connectivity index (χ1n) is 5.83. The van der Waals surface area contributed by atoms with Crippen LogP contribution in [0.1, 0.15) is 24.3 Å². The minimum absolute atomic E-state index is 0.0836. The molecule has 2 N–H and O–H groups in total. The molecule has 0 saturated carbocycles. The second kappa shape index (κ2) is 7.10. The molecule has 0 aromatic carbocycles. The van der Waals surface area contributed by atoms with E-state index in [1.807, 2.05) is 13.8 Å². The summed E-state index contributed by atoms with van der Waals surface area (Å²) in [4.78, 5) is 15.6. The van der Waals surface area contributed by atoms with E-state index in [0.29, 0.717) is 18.0 Å². The molecule has 0 aliphatic rings. The normalized spacial score (nSPS) is 13.7. The lowest BCUT2D eigenvalue weighted by molar-refractivity contribution is 0.0951. The Kier molecular flexibility index (Phi) is 5.77. The van der Waals surface area contributed by atoms with E-state index in [2.05, 4.69) is 15.6 Å². The third-order valence-electron chi connectivity index (χ3n) is 2.23. The lowest BCUT2D eigenvalue weighted by atomic mass is 10.2. The van der Waals surface area contributed by atoms with Gasteiger partial charge in [-0.25, -0.2) is 0 Å². The number of anilines is 1. The highest BCUT2D eigenvalue weighted by Gasteiger charge is 2.08. The van der Waals surface area contributed by atoms with Gasteiger partial charge >= 0.3 is 0 Å². The summed E-state index contributed by atoms with van der Waals surface area (Å²) < 4.78 is 11.1. The van der Waals surface area contributed by atoms with Gasteiger partial charge in [-0.05, 0) is 26.0 Å². The molecule has 0 bridgehead atoms. The Balaban J connectivity index is 2.70. The van der Waals surface area contributed by atoms with E-state index in [4.69, 9.17) is 0 Å². The fourth-order valence-electron chi connectivity index (χ4n) is 1.57. The minimum atomic E-state index is -0.844. The van der Waals surface area contributed by atoms with Crippen molar-refractivity contribution in [2.45, 2.75) is 19.9 Å². The smallest absolute Gasteiger partial charge is 0.269 e. The van der Waals surface area contributed by atoms with Crippen LogP contribution >= 0.6 is 0 Å². The molecular formula is C12H19N3O2S. The monoisotopic (exact) mass is 269 g/mol. The number of aromatic nitrogens is 1. The van der Waals surface area contributed by atoms with E-state index >= 15 is 0 Å². The van der Waals surface area contributed by atoms with Gasteiger partial charge < -0.3 is 10.6 Å². The third-order valence-corrected chi connectivity index (χ3v) is 3.20. The Hall–Kier alpha value is -1.43. The van der Waals surface area contributed by atoms with E-state index in [1.54, 1.807) is 24.6 Å². The second-order valence-electron chi connectivity index (χ2n) is 4.07. The van der Waals surface area contributed by atoms with Gasteiger partial charge in [0.15, 0.2) is 0 Å². The van der Waals surface area contributed by atoms with Crippen molar-refractivity contribution in [3.8, 4) is 0 Å². The predicted molar refractivity (Wildman–Crippen MR) is 74.3 cm³/mol. The van der Waals surface area contributed by atoms with E-state index in [1.165, 1.54) is 0 Å². The minimum Gasteiger partial charge on any atom is -0.382 e. The van der Waals surface area contributed by atoms with Crippen LogP contribution in [0.15, 0.2) is 18.3 Å². The number of pyridine rings is 1. The summed E-state index contributed by atoms with van der Waals surface area (Å²) in [5.41, 5.74) is 1.19. The van der Waals surface area contributed by atoms with Crippen molar-refractivity contribution in [2.75, 3.05) is 23.9 Å². The SMILES string of the molecule is CCNC(=O)c1cc(NC(C)CS(C)=O)ccn1. The van der Waals surface area contributed by atoms with Gasteiger partial charge in [0.25, 0.3) is 5.91 Å². The van der Waals surface area contributed by atoms with Crippen molar-refractivity contribution in [1.29, 1.82) is 0 Å². The standard InChI is InChI=1S/C12H19N3O2S/c1-4-13-12(16)11-7-10(5-6-14-11)15-9(2)8-18(3)17/h5-7,9H,4,8H2,1-3H3,(H,13,16)(H,14,15). The molecule has 1 aromatic rings. The summed E-state index contributed by atoms with van der Waals surface area (Å²) in [5.74, 6) is 0.381. The van der Waals surface area contributed by atoms with E-state index in [-0.39, 0.29) is 11.9 Å². The molecule has 2 unspecified atom stereocenters. The lowest BCUT2D eigenvalue weighted by Crippen LogP contribution is -2.25. The summed E-state index contributed by atoms with van der Waals surface area (Å²) in [7, 11) is -0.844. The Morgan fingerprint density at radius 3 is 2.89 bits per heavy atom. The number of amides is 1. The van der Waals surface area contributed by atoms with Crippen LogP contribution in [-0.4, -0.2) is 39.7 Å². The van der Waals surface area contributed by atoms with Gasteiger partial charge in [0.2, 0.25) is 0 Å². The largest absolute Gasteiger partial charge is 0.382 e. The number of nitrogens with zero attached hydrogens (tertiary/aromatic N) is 1. The molecule has 1 aromatic heterocycles. The average Bonchev–Trinajstić information content (AvgIpc) is 2.28. The van der Waals surface area contributed by atoms with Crippen LogP contribution in [-0.2, 0) is 10.8 Å². The maximum absolute atomic E-state index is 11.6. The summed E-state index contributed by atoms with van der Waals surface area (Å²) in [6.07, 6.45) is 3.26. The lowest BCUT2D eigenvalue weighted by Gasteiger charge is -2.14. The molecule has 0 radical (unpaired) electrons. The highest BCUT2D eigenvalue weighted by Crippen LogP contribution is 2.09. The Labute approximate surface area is 110 Å². The van der Waals surface area contributed by atoms with Crippen LogP contribution in [0.3, 0.4) is 0 Å². The molecule has 0 spiro atoms. The molecule has 6 heteroatoms. The van der Waals surface area contributed by atoms with Crippen LogP contribution in [0.5, 0.6) is 0 Å². The van der Waals surface area contributed by atoms with E-state index in [9.17, 15) is 9.00 Å². The van der Waals surface area contributed by atoms with Gasteiger partial charge in [-0.15, -0.1) is 0 Å². The number of rotatable bonds is 6. The molecule has 1 amide bonds. The number of carbonyl (C=O) groups excluding carboxylic acids is 1. The molecule has 1 heterocycles. The number of hydrogen-bond donors (Lipinski definition) is 2. The van der Waals surface area contributed by atoms with Gasteiger partial charge in [-0.1, -0.05) is 0 Å². The van der Waals surface area contributed by atoms with Crippen molar-refractivity contribution in [1.82, 2.24) is 10.3 Å². The fourth-order valence-corrected chi connectivity index (χ4v) is 2.36. The van der Waals surface area contributed by atoms with Gasteiger partial charge in [0.05, 0.1) is 0 Å². The third kappa shape index (κ3) is 4.83. The highest BCUT2D eigenvalue weighted by atomic mass is 32.2.